The maximum Gasteiger partial charge on any atom is 0.391 e. The fraction of sp³-hybridized carbons (Fsp3) is 0.500. The van der Waals surface area contributed by atoms with Gasteiger partial charge in [0.05, 0.1) is 17.5 Å². The van der Waals surface area contributed by atoms with Gasteiger partial charge in [-0.25, -0.2) is 4.98 Å². The number of fused-ring (bicyclic) bond motifs is 1. The monoisotopic (exact) mass is 304 g/mol. The van der Waals surface area contributed by atoms with E-state index in [1.54, 1.807) is 17.6 Å². The lowest BCUT2D eigenvalue weighted by Gasteiger charge is -2.19. The molecule has 1 unspecified atom stereocenters. The van der Waals surface area contributed by atoms with Gasteiger partial charge in [0.15, 0.2) is 0 Å². The molecule has 0 saturated carbocycles. The van der Waals surface area contributed by atoms with Gasteiger partial charge >= 0.3 is 6.18 Å². The first kappa shape index (κ1) is 15.2. The molecular weight excluding hydrogens is 289 g/mol. The fourth-order valence-electron chi connectivity index (χ4n) is 2.48. The SMILES string of the molecule is Cc1cccc2c1nc(CCCl)n2C(C)CC(F)(F)F. The van der Waals surface area contributed by atoms with E-state index in [0.717, 1.165) is 16.6 Å². The number of alkyl halides is 4. The van der Waals surface area contributed by atoms with Crippen LogP contribution in [0, 0.1) is 6.92 Å². The molecule has 1 heterocycles. The van der Waals surface area contributed by atoms with E-state index in [1.165, 1.54) is 0 Å². The molecule has 110 valence electrons. The minimum Gasteiger partial charge on any atom is -0.325 e. The summed E-state index contributed by atoms with van der Waals surface area (Å²) in [6, 6.07) is 4.85. The van der Waals surface area contributed by atoms with Crippen LogP contribution in [-0.4, -0.2) is 21.6 Å². The molecule has 6 heteroatoms. The summed E-state index contributed by atoms with van der Waals surface area (Å²) in [5.74, 6) is 0.947. The predicted octanol–water partition coefficient (Wildman–Crippen LogP) is 4.64. The average molecular weight is 305 g/mol. The van der Waals surface area contributed by atoms with Crippen molar-refractivity contribution in [2.24, 2.45) is 0 Å². The zero-order valence-electron chi connectivity index (χ0n) is 11.3. The normalized spacial score (nSPS) is 13.9. The smallest absolute Gasteiger partial charge is 0.325 e. The number of rotatable bonds is 4. The molecule has 0 fully saturated rings. The average Bonchev–Trinajstić information content (AvgIpc) is 2.67. The van der Waals surface area contributed by atoms with Crippen molar-refractivity contribution in [1.29, 1.82) is 0 Å². The molecule has 1 aromatic heterocycles. The van der Waals surface area contributed by atoms with E-state index in [4.69, 9.17) is 11.6 Å². The Labute approximate surface area is 120 Å². The van der Waals surface area contributed by atoms with Crippen LogP contribution in [0.5, 0.6) is 0 Å². The number of aromatic nitrogens is 2. The highest BCUT2D eigenvalue weighted by Crippen LogP contribution is 2.31. The molecule has 0 N–H and O–H groups in total. The molecule has 20 heavy (non-hydrogen) atoms. The molecule has 1 aromatic carbocycles. The largest absolute Gasteiger partial charge is 0.391 e. The number of hydrogen-bond donors (Lipinski definition) is 0. The number of imidazole rings is 1. The van der Waals surface area contributed by atoms with Crippen molar-refractivity contribution in [1.82, 2.24) is 9.55 Å². The van der Waals surface area contributed by atoms with Gasteiger partial charge in [-0.05, 0) is 25.5 Å². The van der Waals surface area contributed by atoms with Crippen molar-refractivity contribution >= 4 is 22.6 Å². The van der Waals surface area contributed by atoms with Crippen molar-refractivity contribution in [3.63, 3.8) is 0 Å². The molecule has 0 aliphatic heterocycles. The Kier molecular flexibility index (Phi) is 4.28. The molecule has 2 rings (SSSR count). The lowest BCUT2D eigenvalue weighted by molar-refractivity contribution is -0.141. The number of nitrogens with zero attached hydrogens (tertiary/aromatic N) is 2. The second-order valence-electron chi connectivity index (χ2n) is 4.95. The molecule has 2 aromatic rings. The molecule has 0 amide bonds. The highest BCUT2D eigenvalue weighted by molar-refractivity contribution is 6.17. The highest BCUT2D eigenvalue weighted by Gasteiger charge is 2.32. The standard InChI is InChI=1S/C14H16ClF3N2/c1-9-4-3-5-11-13(9)19-12(6-7-15)20(11)10(2)8-14(16,17)18/h3-5,10H,6-8H2,1-2H3. The van der Waals surface area contributed by atoms with E-state index in [0.29, 0.717) is 18.1 Å². The summed E-state index contributed by atoms with van der Waals surface area (Å²) in [5, 5.41) is 0. The minimum atomic E-state index is -4.20. The maximum atomic E-state index is 12.6. The van der Waals surface area contributed by atoms with E-state index in [2.05, 4.69) is 4.98 Å². The van der Waals surface area contributed by atoms with Crippen LogP contribution in [0.25, 0.3) is 11.0 Å². The number of para-hydroxylation sites is 1. The second kappa shape index (κ2) is 5.64. The molecule has 0 aliphatic rings. The molecular formula is C14H16ClF3N2. The Bertz CT molecular complexity index is 604. The first-order valence-electron chi connectivity index (χ1n) is 6.42. The summed E-state index contributed by atoms with van der Waals surface area (Å²) in [7, 11) is 0. The van der Waals surface area contributed by atoms with Gasteiger partial charge in [-0.2, -0.15) is 13.2 Å². The van der Waals surface area contributed by atoms with Crippen LogP contribution < -0.4 is 0 Å². The van der Waals surface area contributed by atoms with Crippen LogP contribution in [0.1, 0.15) is 30.8 Å². The Morgan fingerprint density at radius 3 is 2.65 bits per heavy atom. The maximum absolute atomic E-state index is 12.6. The van der Waals surface area contributed by atoms with E-state index in [-0.39, 0.29) is 0 Å². The third-order valence-corrected chi connectivity index (χ3v) is 3.47. The molecule has 0 radical (unpaired) electrons. The van der Waals surface area contributed by atoms with Gasteiger partial charge in [-0.15, -0.1) is 11.6 Å². The first-order chi connectivity index (χ1) is 9.33. The minimum absolute atomic E-state index is 0.334. The summed E-state index contributed by atoms with van der Waals surface area (Å²) in [6.07, 6.45) is -4.61. The quantitative estimate of drug-likeness (QED) is 0.752. The third kappa shape index (κ3) is 3.08. The number of halogens is 4. The number of aryl methyl sites for hydroxylation is 2. The zero-order chi connectivity index (χ0) is 14.9. The van der Waals surface area contributed by atoms with Gasteiger partial charge in [0.1, 0.15) is 5.82 Å². The van der Waals surface area contributed by atoms with Crippen molar-refractivity contribution in [3.05, 3.63) is 29.6 Å². The van der Waals surface area contributed by atoms with Crippen LogP contribution in [-0.2, 0) is 6.42 Å². The summed E-state index contributed by atoms with van der Waals surface area (Å²) >= 11 is 5.74. The Morgan fingerprint density at radius 2 is 2.05 bits per heavy atom. The molecule has 1 atom stereocenters. The van der Waals surface area contributed by atoms with Crippen molar-refractivity contribution in [2.75, 3.05) is 5.88 Å². The first-order valence-corrected chi connectivity index (χ1v) is 6.96. The van der Waals surface area contributed by atoms with Crippen molar-refractivity contribution in [3.8, 4) is 0 Å². The van der Waals surface area contributed by atoms with Gasteiger partial charge in [0, 0.05) is 18.3 Å². The zero-order valence-corrected chi connectivity index (χ0v) is 12.1. The van der Waals surface area contributed by atoms with Crippen molar-refractivity contribution < 1.29 is 13.2 Å². The topological polar surface area (TPSA) is 17.8 Å². The summed E-state index contributed by atoms with van der Waals surface area (Å²) in [4.78, 5) is 4.46. The Morgan fingerprint density at radius 1 is 1.35 bits per heavy atom. The van der Waals surface area contributed by atoms with Crippen LogP contribution >= 0.6 is 11.6 Å². The van der Waals surface area contributed by atoms with E-state index >= 15 is 0 Å². The van der Waals surface area contributed by atoms with Gasteiger partial charge in [-0.1, -0.05) is 12.1 Å². The Balaban J connectivity index is 2.54. The van der Waals surface area contributed by atoms with Crippen LogP contribution in [0.15, 0.2) is 18.2 Å². The van der Waals surface area contributed by atoms with E-state index in [1.807, 2.05) is 19.1 Å². The molecule has 0 saturated heterocycles. The van der Waals surface area contributed by atoms with Gasteiger partial charge in [0.2, 0.25) is 0 Å². The van der Waals surface area contributed by atoms with Crippen molar-refractivity contribution in [2.45, 2.75) is 38.9 Å². The van der Waals surface area contributed by atoms with Crippen LogP contribution in [0.2, 0.25) is 0 Å². The number of benzene rings is 1. The van der Waals surface area contributed by atoms with E-state index < -0.39 is 18.6 Å². The second-order valence-corrected chi connectivity index (χ2v) is 5.33. The fourth-order valence-corrected chi connectivity index (χ4v) is 2.65. The lowest BCUT2D eigenvalue weighted by Crippen LogP contribution is -2.18. The lowest BCUT2D eigenvalue weighted by atomic mass is 10.2. The van der Waals surface area contributed by atoms with Crippen LogP contribution in [0.4, 0.5) is 13.2 Å². The van der Waals surface area contributed by atoms with Gasteiger partial charge in [0.25, 0.3) is 0 Å². The van der Waals surface area contributed by atoms with Gasteiger partial charge < -0.3 is 4.57 Å². The highest BCUT2D eigenvalue weighted by atomic mass is 35.5. The summed E-state index contributed by atoms with van der Waals surface area (Å²) in [5.41, 5.74) is 2.44. The number of hydrogen-bond acceptors (Lipinski definition) is 1. The van der Waals surface area contributed by atoms with E-state index in [9.17, 15) is 13.2 Å². The third-order valence-electron chi connectivity index (χ3n) is 3.28. The molecule has 0 bridgehead atoms. The van der Waals surface area contributed by atoms with Crippen LogP contribution in [0.3, 0.4) is 0 Å². The van der Waals surface area contributed by atoms with Gasteiger partial charge in [-0.3, -0.25) is 0 Å². The summed E-state index contributed by atoms with van der Waals surface area (Å²) < 4.78 is 39.6. The molecule has 0 spiro atoms. The summed E-state index contributed by atoms with van der Waals surface area (Å²) in [6.45, 7) is 3.47. The molecule has 2 nitrogen and oxygen atoms in total. The predicted molar refractivity (Wildman–Crippen MR) is 74.3 cm³/mol. The Hall–Kier alpha value is -1.23. The molecule has 0 aliphatic carbocycles.